The molecule has 148 valence electrons. The molecule has 7 heteroatoms. The molecule has 0 radical (unpaired) electrons. The van der Waals surface area contributed by atoms with Crippen LogP contribution >= 0.6 is 0 Å². The Morgan fingerprint density at radius 3 is 2.59 bits per heavy atom. The molecule has 27 heavy (non-hydrogen) atoms. The summed E-state index contributed by atoms with van der Waals surface area (Å²) < 4.78 is 33.4. The number of carbonyl (C=O) groups excluding carboxylic acids is 2. The lowest BCUT2D eigenvalue weighted by atomic mass is 9.72. The maximum atomic E-state index is 14.3. The average Bonchev–Trinajstić information content (AvgIpc) is 2.66. The highest BCUT2D eigenvalue weighted by atomic mass is 19.1. The maximum Gasteiger partial charge on any atom is 0.259 e. The first kappa shape index (κ1) is 19.7. The number of carbonyl (C=O) groups is 2. The van der Waals surface area contributed by atoms with Crippen molar-refractivity contribution in [2.45, 2.75) is 32.6 Å². The fourth-order valence-corrected chi connectivity index (χ4v) is 4.11. The minimum absolute atomic E-state index is 0.0257. The topological polar surface area (TPSA) is 49.9 Å². The number of benzene rings is 1. The van der Waals surface area contributed by atoms with Crippen LogP contribution in [0.5, 0.6) is 0 Å². The molecule has 1 aromatic carbocycles. The van der Waals surface area contributed by atoms with E-state index in [1.54, 1.807) is 7.11 Å². The molecule has 0 bridgehead atoms. The van der Waals surface area contributed by atoms with Crippen LogP contribution < -0.4 is 0 Å². The van der Waals surface area contributed by atoms with Gasteiger partial charge in [-0.05, 0) is 43.2 Å². The predicted octanol–water partition coefficient (Wildman–Crippen LogP) is 2.76. The third kappa shape index (κ3) is 3.98. The van der Waals surface area contributed by atoms with E-state index in [0.717, 1.165) is 25.3 Å². The Hall–Kier alpha value is -2.02. The lowest BCUT2D eigenvalue weighted by Gasteiger charge is -2.47. The van der Waals surface area contributed by atoms with Crippen molar-refractivity contribution in [3.63, 3.8) is 0 Å². The molecular formula is C20H26F2N2O3. The van der Waals surface area contributed by atoms with E-state index in [2.05, 4.69) is 0 Å². The molecule has 2 fully saturated rings. The SMILES string of the molecule is COCCN1CC2(CCC1=O)CCN(C(=O)c1c(F)ccc(C)c1F)CC2. The molecule has 2 aliphatic heterocycles. The summed E-state index contributed by atoms with van der Waals surface area (Å²) in [4.78, 5) is 28.2. The lowest BCUT2D eigenvalue weighted by molar-refractivity contribution is -0.139. The minimum atomic E-state index is -0.822. The van der Waals surface area contributed by atoms with Crippen molar-refractivity contribution in [2.75, 3.05) is 39.9 Å². The molecule has 1 aromatic rings. The van der Waals surface area contributed by atoms with Gasteiger partial charge in [0.2, 0.25) is 5.91 Å². The molecule has 2 amide bonds. The molecule has 2 saturated heterocycles. The van der Waals surface area contributed by atoms with Crippen LogP contribution in [0.15, 0.2) is 12.1 Å². The van der Waals surface area contributed by atoms with Crippen LogP contribution in [0.2, 0.25) is 0 Å². The van der Waals surface area contributed by atoms with E-state index in [1.165, 1.54) is 17.9 Å². The van der Waals surface area contributed by atoms with Crippen LogP contribution in [0, 0.1) is 24.0 Å². The second-order valence-corrected chi connectivity index (χ2v) is 7.65. The number of ether oxygens (including phenoxy) is 1. The number of amides is 2. The number of hydrogen-bond acceptors (Lipinski definition) is 3. The Balaban J connectivity index is 1.67. The highest BCUT2D eigenvalue weighted by Gasteiger charge is 2.42. The summed E-state index contributed by atoms with van der Waals surface area (Å²) in [6.07, 6.45) is 2.75. The largest absolute Gasteiger partial charge is 0.383 e. The van der Waals surface area contributed by atoms with Gasteiger partial charge in [0.1, 0.15) is 17.2 Å². The standard InChI is InChI=1S/C20H26F2N2O3/c1-14-3-4-15(21)17(18(14)22)19(26)23-9-7-20(8-10-23)6-5-16(25)24(13-20)11-12-27-2/h3-4H,5-13H2,1-2H3. The summed E-state index contributed by atoms with van der Waals surface area (Å²) in [7, 11) is 1.61. The average molecular weight is 380 g/mol. The number of piperidine rings is 2. The minimum Gasteiger partial charge on any atom is -0.383 e. The number of methoxy groups -OCH3 is 1. The zero-order valence-electron chi connectivity index (χ0n) is 15.9. The first-order chi connectivity index (χ1) is 12.9. The summed E-state index contributed by atoms with van der Waals surface area (Å²) in [5.41, 5.74) is -0.235. The number of aryl methyl sites for hydroxylation is 1. The van der Waals surface area contributed by atoms with E-state index < -0.39 is 23.1 Å². The first-order valence-electron chi connectivity index (χ1n) is 9.37. The van der Waals surface area contributed by atoms with Gasteiger partial charge in [-0.3, -0.25) is 9.59 Å². The Morgan fingerprint density at radius 2 is 1.93 bits per heavy atom. The van der Waals surface area contributed by atoms with E-state index in [4.69, 9.17) is 4.74 Å². The molecule has 5 nitrogen and oxygen atoms in total. The molecule has 0 saturated carbocycles. The molecule has 0 unspecified atom stereocenters. The quantitative estimate of drug-likeness (QED) is 0.807. The predicted molar refractivity (Wildman–Crippen MR) is 96.4 cm³/mol. The van der Waals surface area contributed by atoms with Crippen molar-refractivity contribution < 1.29 is 23.1 Å². The molecule has 2 aliphatic rings. The van der Waals surface area contributed by atoms with Gasteiger partial charge in [0, 0.05) is 39.7 Å². The number of likely N-dealkylation sites (tertiary alicyclic amines) is 2. The van der Waals surface area contributed by atoms with Crippen molar-refractivity contribution in [2.24, 2.45) is 5.41 Å². The van der Waals surface area contributed by atoms with Gasteiger partial charge in [0.25, 0.3) is 5.91 Å². The molecule has 1 spiro atoms. The van der Waals surface area contributed by atoms with Gasteiger partial charge in [0.15, 0.2) is 0 Å². The molecule has 0 atom stereocenters. The van der Waals surface area contributed by atoms with Gasteiger partial charge in [0.05, 0.1) is 6.61 Å². The molecule has 0 aromatic heterocycles. The van der Waals surface area contributed by atoms with Gasteiger partial charge in [-0.2, -0.15) is 0 Å². The van der Waals surface area contributed by atoms with Crippen LogP contribution in [0.3, 0.4) is 0 Å². The maximum absolute atomic E-state index is 14.3. The summed E-state index contributed by atoms with van der Waals surface area (Å²) in [6.45, 7) is 4.13. The lowest BCUT2D eigenvalue weighted by Crippen LogP contribution is -2.53. The second-order valence-electron chi connectivity index (χ2n) is 7.65. The number of halogens is 2. The van der Waals surface area contributed by atoms with Gasteiger partial charge in [-0.25, -0.2) is 8.78 Å². The van der Waals surface area contributed by atoms with Crippen LogP contribution in [0.1, 0.15) is 41.6 Å². The third-order valence-electron chi connectivity index (χ3n) is 5.92. The highest BCUT2D eigenvalue weighted by molar-refractivity contribution is 5.95. The van der Waals surface area contributed by atoms with Gasteiger partial charge < -0.3 is 14.5 Å². The van der Waals surface area contributed by atoms with E-state index in [-0.39, 0.29) is 16.9 Å². The second kappa shape index (κ2) is 7.92. The van der Waals surface area contributed by atoms with Crippen molar-refractivity contribution in [3.05, 3.63) is 34.9 Å². The summed E-state index contributed by atoms with van der Waals surface area (Å²) in [6, 6.07) is 2.47. The van der Waals surface area contributed by atoms with Crippen LogP contribution in [0.4, 0.5) is 8.78 Å². The monoisotopic (exact) mass is 380 g/mol. The highest BCUT2D eigenvalue weighted by Crippen LogP contribution is 2.40. The van der Waals surface area contributed by atoms with Crippen LogP contribution in [0.25, 0.3) is 0 Å². The van der Waals surface area contributed by atoms with Crippen LogP contribution in [-0.2, 0) is 9.53 Å². The third-order valence-corrected chi connectivity index (χ3v) is 5.92. The van der Waals surface area contributed by atoms with E-state index >= 15 is 0 Å². The Kier molecular flexibility index (Phi) is 5.79. The number of hydrogen-bond donors (Lipinski definition) is 0. The molecule has 3 rings (SSSR count). The summed E-state index contributed by atoms with van der Waals surface area (Å²) >= 11 is 0. The molecule has 2 heterocycles. The zero-order valence-corrected chi connectivity index (χ0v) is 15.9. The first-order valence-corrected chi connectivity index (χ1v) is 9.37. The smallest absolute Gasteiger partial charge is 0.259 e. The normalized spacial score (nSPS) is 19.6. The molecule has 0 aliphatic carbocycles. The fourth-order valence-electron chi connectivity index (χ4n) is 4.11. The zero-order chi connectivity index (χ0) is 19.6. The van der Waals surface area contributed by atoms with Gasteiger partial charge in [-0.15, -0.1) is 0 Å². The van der Waals surface area contributed by atoms with E-state index in [1.807, 2.05) is 4.90 Å². The van der Waals surface area contributed by atoms with Gasteiger partial charge in [-0.1, -0.05) is 6.07 Å². The van der Waals surface area contributed by atoms with Crippen LogP contribution in [-0.4, -0.2) is 61.5 Å². The van der Waals surface area contributed by atoms with Gasteiger partial charge >= 0.3 is 0 Å². The van der Waals surface area contributed by atoms with E-state index in [9.17, 15) is 18.4 Å². The van der Waals surface area contributed by atoms with Crippen molar-refractivity contribution in [1.29, 1.82) is 0 Å². The fraction of sp³-hybridized carbons (Fsp3) is 0.600. The summed E-state index contributed by atoms with van der Waals surface area (Å²) in [5.74, 6) is -2.06. The van der Waals surface area contributed by atoms with Crippen molar-refractivity contribution >= 4 is 11.8 Å². The summed E-state index contributed by atoms with van der Waals surface area (Å²) in [5, 5.41) is 0. The Morgan fingerprint density at radius 1 is 1.22 bits per heavy atom. The number of nitrogens with zero attached hydrogens (tertiary/aromatic N) is 2. The van der Waals surface area contributed by atoms with Crippen molar-refractivity contribution in [1.82, 2.24) is 9.80 Å². The molecular weight excluding hydrogens is 354 g/mol. The Labute approximate surface area is 158 Å². The molecule has 0 N–H and O–H groups in total. The van der Waals surface area contributed by atoms with Crippen molar-refractivity contribution in [3.8, 4) is 0 Å². The Bertz CT molecular complexity index is 730. The number of rotatable bonds is 4. The van der Waals surface area contributed by atoms with E-state index in [0.29, 0.717) is 39.2 Å².